The fourth-order valence-electron chi connectivity index (χ4n) is 3.28. The number of likely N-dealkylation sites (N-methyl/N-ethyl adjacent to an activating group) is 2. The summed E-state index contributed by atoms with van der Waals surface area (Å²) in [7, 11) is 4.17. The van der Waals surface area contributed by atoms with Gasteiger partial charge in [0.15, 0.2) is 0 Å². The van der Waals surface area contributed by atoms with Gasteiger partial charge in [-0.3, -0.25) is 0 Å². The lowest BCUT2D eigenvalue weighted by molar-refractivity contribution is -0.110. The lowest BCUT2D eigenvalue weighted by Gasteiger charge is -2.34. The molecular formula is C22H31N5O. The number of fused-ring (bicyclic) bond motifs is 1. The van der Waals surface area contributed by atoms with E-state index in [9.17, 15) is 4.79 Å². The molecule has 150 valence electrons. The molecule has 0 radical (unpaired) electrons. The molecule has 0 saturated carbocycles. The number of hydrogen-bond donors (Lipinski definition) is 3. The number of hydrogen-bond acceptors (Lipinski definition) is 5. The largest absolute Gasteiger partial charge is 0.371 e. The van der Waals surface area contributed by atoms with E-state index in [1.165, 1.54) is 0 Å². The molecule has 0 amide bonds. The van der Waals surface area contributed by atoms with E-state index in [1.807, 2.05) is 18.2 Å². The summed E-state index contributed by atoms with van der Waals surface area (Å²) < 4.78 is 0. The van der Waals surface area contributed by atoms with Gasteiger partial charge in [0.2, 0.25) is 0 Å². The molecule has 2 heterocycles. The van der Waals surface area contributed by atoms with Crippen molar-refractivity contribution in [2.24, 2.45) is 5.92 Å². The molecule has 1 aliphatic heterocycles. The first-order valence-corrected chi connectivity index (χ1v) is 9.85. The van der Waals surface area contributed by atoms with Crippen LogP contribution in [-0.2, 0) is 4.79 Å². The number of aromatic amines is 1. The van der Waals surface area contributed by atoms with Crippen molar-refractivity contribution in [1.82, 2.24) is 20.1 Å². The van der Waals surface area contributed by atoms with Crippen molar-refractivity contribution in [2.75, 3.05) is 39.0 Å². The average molecular weight is 382 g/mol. The van der Waals surface area contributed by atoms with Crippen LogP contribution in [0.4, 0.5) is 5.82 Å². The van der Waals surface area contributed by atoms with Crippen LogP contribution >= 0.6 is 0 Å². The van der Waals surface area contributed by atoms with E-state index in [4.69, 9.17) is 0 Å². The van der Waals surface area contributed by atoms with Crippen LogP contribution in [0.25, 0.3) is 10.9 Å². The molecule has 0 saturated heterocycles. The first kappa shape index (κ1) is 19.9. The van der Waals surface area contributed by atoms with E-state index >= 15 is 0 Å². The SMILES string of the molecule is CC(C)N(C)C1=C(NCC(C=O)CNc2cc3ccccc3[nH]2)N(C)CC=C1. The number of carbonyl (C=O) groups excluding carboxylic acids is 1. The van der Waals surface area contributed by atoms with Gasteiger partial charge in [0.25, 0.3) is 0 Å². The number of carbonyl (C=O) groups is 1. The van der Waals surface area contributed by atoms with Crippen molar-refractivity contribution in [1.29, 1.82) is 0 Å². The lowest BCUT2D eigenvalue weighted by atomic mass is 10.1. The van der Waals surface area contributed by atoms with Crippen molar-refractivity contribution in [3.05, 3.63) is 54.0 Å². The summed E-state index contributed by atoms with van der Waals surface area (Å²) >= 11 is 0. The van der Waals surface area contributed by atoms with E-state index < -0.39 is 0 Å². The summed E-state index contributed by atoms with van der Waals surface area (Å²) in [5, 5.41) is 8.02. The van der Waals surface area contributed by atoms with E-state index in [-0.39, 0.29) is 5.92 Å². The number of nitrogens with zero attached hydrogens (tertiary/aromatic N) is 2. The maximum absolute atomic E-state index is 11.6. The Morgan fingerprint density at radius 1 is 1.25 bits per heavy atom. The van der Waals surface area contributed by atoms with Gasteiger partial charge >= 0.3 is 0 Å². The fourth-order valence-corrected chi connectivity index (χ4v) is 3.28. The Bertz CT molecular complexity index is 834. The first-order chi connectivity index (χ1) is 13.5. The molecule has 2 aromatic rings. The first-order valence-electron chi connectivity index (χ1n) is 9.85. The van der Waals surface area contributed by atoms with Crippen molar-refractivity contribution in [3.8, 4) is 0 Å². The second kappa shape index (κ2) is 8.87. The minimum absolute atomic E-state index is 0.135. The molecule has 1 aromatic heterocycles. The van der Waals surface area contributed by atoms with Gasteiger partial charge in [0.05, 0.1) is 5.70 Å². The van der Waals surface area contributed by atoms with Crippen molar-refractivity contribution in [2.45, 2.75) is 19.9 Å². The predicted octanol–water partition coefficient (Wildman–Crippen LogP) is 3.00. The molecule has 28 heavy (non-hydrogen) atoms. The quantitative estimate of drug-likeness (QED) is 0.583. The average Bonchev–Trinajstić information content (AvgIpc) is 3.11. The molecule has 6 nitrogen and oxygen atoms in total. The standard InChI is InChI=1S/C22H31N5O/c1-16(2)27(4)20-10-7-11-26(3)22(20)24-14-17(15-28)13-23-21-12-18-8-5-6-9-19(18)25-21/h5-10,12,15-17,23-25H,11,13-14H2,1-4H3. The molecule has 1 aromatic carbocycles. The molecule has 6 heteroatoms. The zero-order chi connectivity index (χ0) is 20.1. The van der Waals surface area contributed by atoms with Gasteiger partial charge in [-0.1, -0.05) is 24.3 Å². The summed E-state index contributed by atoms with van der Waals surface area (Å²) in [5.41, 5.74) is 2.24. The molecule has 0 fully saturated rings. The minimum atomic E-state index is -0.135. The Morgan fingerprint density at radius 3 is 2.71 bits per heavy atom. The highest BCUT2D eigenvalue weighted by Crippen LogP contribution is 2.19. The molecule has 1 aliphatic rings. The van der Waals surface area contributed by atoms with Crippen LogP contribution in [0, 0.1) is 5.92 Å². The monoisotopic (exact) mass is 381 g/mol. The number of anilines is 1. The number of nitrogens with one attached hydrogen (secondary N) is 3. The van der Waals surface area contributed by atoms with E-state index in [0.29, 0.717) is 19.1 Å². The number of H-pyrrole nitrogens is 1. The highest BCUT2D eigenvalue weighted by atomic mass is 16.1. The van der Waals surface area contributed by atoms with Crippen molar-refractivity contribution in [3.63, 3.8) is 0 Å². The second-order valence-electron chi connectivity index (χ2n) is 7.65. The Kier molecular flexibility index (Phi) is 6.29. The Balaban J connectivity index is 1.63. The van der Waals surface area contributed by atoms with Crippen LogP contribution in [0.5, 0.6) is 0 Å². The normalized spacial score (nSPS) is 15.2. The van der Waals surface area contributed by atoms with Crippen LogP contribution < -0.4 is 10.6 Å². The van der Waals surface area contributed by atoms with E-state index in [2.05, 4.69) is 77.6 Å². The zero-order valence-corrected chi connectivity index (χ0v) is 17.2. The topological polar surface area (TPSA) is 63.4 Å². The third kappa shape index (κ3) is 4.50. The number of aldehydes is 1. The predicted molar refractivity (Wildman–Crippen MR) is 116 cm³/mol. The summed E-state index contributed by atoms with van der Waals surface area (Å²) in [5.74, 6) is 1.87. The molecular weight excluding hydrogens is 350 g/mol. The van der Waals surface area contributed by atoms with Crippen LogP contribution in [0.2, 0.25) is 0 Å². The second-order valence-corrected chi connectivity index (χ2v) is 7.65. The summed E-state index contributed by atoms with van der Waals surface area (Å²) in [6.45, 7) is 6.36. The molecule has 1 atom stereocenters. The number of aromatic nitrogens is 1. The lowest BCUT2D eigenvalue weighted by Crippen LogP contribution is -2.40. The van der Waals surface area contributed by atoms with Gasteiger partial charge in [-0.05, 0) is 32.1 Å². The van der Waals surface area contributed by atoms with Gasteiger partial charge in [0, 0.05) is 56.6 Å². The molecule has 3 rings (SSSR count). The number of para-hydroxylation sites is 1. The van der Waals surface area contributed by atoms with Gasteiger partial charge in [-0.2, -0.15) is 0 Å². The summed E-state index contributed by atoms with van der Waals surface area (Å²) in [6.07, 6.45) is 5.34. The van der Waals surface area contributed by atoms with Gasteiger partial charge in [0.1, 0.15) is 17.9 Å². The van der Waals surface area contributed by atoms with Crippen molar-refractivity contribution >= 4 is 23.0 Å². The maximum Gasteiger partial charge on any atom is 0.126 e. The third-order valence-corrected chi connectivity index (χ3v) is 5.24. The van der Waals surface area contributed by atoms with Crippen LogP contribution in [0.3, 0.4) is 0 Å². The Morgan fingerprint density at radius 2 is 2.00 bits per heavy atom. The summed E-state index contributed by atoms with van der Waals surface area (Å²) in [4.78, 5) is 19.4. The van der Waals surface area contributed by atoms with Gasteiger partial charge in [-0.15, -0.1) is 0 Å². The zero-order valence-electron chi connectivity index (χ0n) is 17.2. The number of rotatable bonds is 9. The van der Waals surface area contributed by atoms with Crippen LogP contribution in [0.1, 0.15) is 13.8 Å². The highest BCUT2D eigenvalue weighted by molar-refractivity contribution is 5.83. The van der Waals surface area contributed by atoms with Crippen LogP contribution in [-0.4, -0.2) is 60.8 Å². The fraction of sp³-hybridized carbons (Fsp3) is 0.409. The molecule has 3 N–H and O–H groups in total. The van der Waals surface area contributed by atoms with Crippen molar-refractivity contribution < 1.29 is 4.79 Å². The summed E-state index contributed by atoms with van der Waals surface area (Å²) in [6, 6.07) is 10.6. The highest BCUT2D eigenvalue weighted by Gasteiger charge is 2.19. The van der Waals surface area contributed by atoms with Crippen LogP contribution in [0.15, 0.2) is 54.0 Å². The minimum Gasteiger partial charge on any atom is -0.371 e. The number of benzene rings is 1. The Hall–Kier alpha value is -2.89. The molecule has 1 unspecified atom stereocenters. The Labute approximate surface area is 167 Å². The number of allylic oxidation sites excluding steroid dienone is 1. The van der Waals surface area contributed by atoms with E-state index in [1.54, 1.807) is 0 Å². The van der Waals surface area contributed by atoms with Gasteiger partial charge < -0.3 is 30.2 Å². The molecule has 0 spiro atoms. The third-order valence-electron chi connectivity index (χ3n) is 5.24. The molecule has 0 aliphatic carbocycles. The smallest absolute Gasteiger partial charge is 0.126 e. The maximum atomic E-state index is 11.6. The van der Waals surface area contributed by atoms with E-state index in [0.717, 1.165) is 41.1 Å². The van der Waals surface area contributed by atoms with Gasteiger partial charge in [-0.25, -0.2) is 0 Å². The molecule has 0 bridgehead atoms.